The molecule has 190 valence electrons. The zero-order valence-corrected chi connectivity index (χ0v) is 21.0. The highest BCUT2D eigenvalue weighted by molar-refractivity contribution is 6.51. The lowest BCUT2D eigenvalue weighted by atomic mass is 9.93. The first kappa shape index (κ1) is 25.5. The SMILES string of the molecule is COC(=O)Cc1ccc(N2C(=O)C(=O)/C(=C(\O)c3ccc(OC)cc3C)C2c2ccc(OC)cc2)cc1. The number of hydrogen-bond acceptors (Lipinski definition) is 7. The van der Waals surface area contributed by atoms with Gasteiger partial charge in [-0.25, -0.2) is 0 Å². The first-order valence-corrected chi connectivity index (χ1v) is 11.5. The van der Waals surface area contributed by atoms with Crippen LogP contribution in [0, 0.1) is 6.92 Å². The van der Waals surface area contributed by atoms with E-state index in [1.54, 1.807) is 87.9 Å². The van der Waals surface area contributed by atoms with Crippen molar-refractivity contribution >= 4 is 29.1 Å². The smallest absolute Gasteiger partial charge is 0.309 e. The van der Waals surface area contributed by atoms with E-state index in [4.69, 9.17) is 14.2 Å². The third-order valence-corrected chi connectivity index (χ3v) is 6.36. The number of esters is 1. The third-order valence-electron chi connectivity index (χ3n) is 6.36. The summed E-state index contributed by atoms with van der Waals surface area (Å²) in [6, 6.07) is 17.9. The molecular weight excluding hydrogens is 474 g/mol. The lowest BCUT2D eigenvalue weighted by molar-refractivity contribution is -0.139. The van der Waals surface area contributed by atoms with Crippen LogP contribution in [-0.4, -0.2) is 44.1 Å². The van der Waals surface area contributed by atoms with Gasteiger partial charge >= 0.3 is 5.97 Å². The molecule has 1 aliphatic rings. The summed E-state index contributed by atoms with van der Waals surface area (Å²) in [5.41, 5.74) is 2.84. The molecule has 0 spiro atoms. The Morgan fingerprint density at radius 1 is 0.892 bits per heavy atom. The molecule has 0 aliphatic carbocycles. The van der Waals surface area contributed by atoms with Crippen molar-refractivity contribution < 1.29 is 33.7 Å². The second-order valence-corrected chi connectivity index (χ2v) is 8.54. The monoisotopic (exact) mass is 501 g/mol. The number of Topliss-reactive ketones (excluding diaryl/α,β-unsaturated/α-hetero) is 1. The van der Waals surface area contributed by atoms with E-state index in [1.807, 2.05) is 0 Å². The van der Waals surface area contributed by atoms with Gasteiger partial charge in [-0.2, -0.15) is 0 Å². The summed E-state index contributed by atoms with van der Waals surface area (Å²) in [6.45, 7) is 1.79. The normalized spacial score (nSPS) is 16.5. The molecule has 1 N–H and O–H groups in total. The van der Waals surface area contributed by atoms with Crippen molar-refractivity contribution in [3.8, 4) is 11.5 Å². The van der Waals surface area contributed by atoms with Crippen LogP contribution in [0.15, 0.2) is 72.3 Å². The summed E-state index contributed by atoms with van der Waals surface area (Å²) in [7, 11) is 4.40. The van der Waals surface area contributed by atoms with Crippen molar-refractivity contribution in [2.24, 2.45) is 0 Å². The molecule has 8 heteroatoms. The molecule has 1 fully saturated rings. The highest BCUT2D eigenvalue weighted by atomic mass is 16.5. The molecule has 0 radical (unpaired) electrons. The summed E-state index contributed by atoms with van der Waals surface area (Å²) in [4.78, 5) is 39.7. The molecule has 3 aromatic carbocycles. The van der Waals surface area contributed by atoms with Crippen molar-refractivity contribution in [3.63, 3.8) is 0 Å². The quantitative estimate of drug-likeness (QED) is 0.222. The van der Waals surface area contributed by atoms with Gasteiger partial charge in [0.25, 0.3) is 11.7 Å². The fraction of sp³-hybridized carbons (Fsp3) is 0.207. The van der Waals surface area contributed by atoms with Gasteiger partial charge in [0, 0.05) is 11.3 Å². The first-order valence-electron chi connectivity index (χ1n) is 11.5. The number of amides is 1. The number of benzene rings is 3. The number of nitrogens with zero attached hydrogens (tertiary/aromatic N) is 1. The average molecular weight is 502 g/mol. The molecule has 4 rings (SSSR count). The molecule has 0 bridgehead atoms. The van der Waals surface area contributed by atoms with Crippen LogP contribution in [0.3, 0.4) is 0 Å². The van der Waals surface area contributed by atoms with Crippen LogP contribution in [-0.2, 0) is 25.5 Å². The predicted octanol–water partition coefficient (Wildman–Crippen LogP) is 4.35. The Balaban J connectivity index is 1.86. The van der Waals surface area contributed by atoms with Gasteiger partial charge in [-0.1, -0.05) is 24.3 Å². The molecule has 1 aliphatic heterocycles. The number of hydrogen-bond donors (Lipinski definition) is 1. The van der Waals surface area contributed by atoms with Crippen LogP contribution >= 0.6 is 0 Å². The number of rotatable bonds is 7. The van der Waals surface area contributed by atoms with Crippen molar-refractivity contribution in [2.45, 2.75) is 19.4 Å². The lowest BCUT2D eigenvalue weighted by Crippen LogP contribution is -2.29. The number of carbonyl (C=O) groups is 3. The van der Waals surface area contributed by atoms with Gasteiger partial charge in [0.15, 0.2) is 0 Å². The summed E-state index contributed by atoms with van der Waals surface area (Å²) < 4.78 is 15.2. The highest BCUT2D eigenvalue weighted by Crippen LogP contribution is 2.43. The van der Waals surface area contributed by atoms with Crippen LogP contribution in [0.1, 0.15) is 28.3 Å². The minimum absolute atomic E-state index is 0.0259. The molecule has 0 saturated carbocycles. The number of aryl methyl sites for hydroxylation is 1. The largest absolute Gasteiger partial charge is 0.507 e. The Bertz CT molecular complexity index is 1370. The van der Waals surface area contributed by atoms with Crippen molar-refractivity contribution in [1.82, 2.24) is 0 Å². The van der Waals surface area contributed by atoms with E-state index in [1.165, 1.54) is 12.0 Å². The van der Waals surface area contributed by atoms with Crippen LogP contribution in [0.2, 0.25) is 0 Å². The van der Waals surface area contributed by atoms with Crippen LogP contribution in [0.4, 0.5) is 5.69 Å². The zero-order chi connectivity index (χ0) is 26.7. The Labute approximate surface area is 214 Å². The third kappa shape index (κ3) is 4.91. The van der Waals surface area contributed by atoms with Gasteiger partial charge in [0.1, 0.15) is 17.3 Å². The maximum Gasteiger partial charge on any atom is 0.309 e. The number of aliphatic hydroxyl groups is 1. The standard InChI is InChI=1S/C29H27NO7/c1-17-15-22(36-3)13-14-23(17)27(32)25-26(19-7-11-21(35-2)12-8-19)30(29(34)28(25)33)20-9-5-18(6-10-20)16-24(31)37-4/h5-15,26,32H,16H2,1-4H3/b27-25-. The van der Waals surface area contributed by atoms with Gasteiger partial charge in [-0.05, 0) is 66.1 Å². The molecule has 1 amide bonds. The first-order chi connectivity index (χ1) is 17.8. The number of carbonyl (C=O) groups excluding carboxylic acids is 3. The maximum absolute atomic E-state index is 13.4. The van der Waals surface area contributed by atoms with E-state index in [2.05, 4.69) is 0 Å². The molecule has 0 aromatic heterocycles. The van der Waals surface area contributed by atoms with E-state index in [0.717, 1.165) is 0 Å². The second kappa shape index (κ2) is 10.6. The van der Waals surface area contributed by atoms with E-state index < -0.39 is 17.7 Å². The topological polar surface area (TPSA) is 102 Å². The molecule has 1 atom stereocenters. The molecular formula is C29H27NO7. The van der Waals surface area contributed by atoms with E-state index in [0.29, 0.717) is 39.4 Å². The Kier molecular flexibility index (Phi) is 7.29. The van der Waals surface area contributed by atoms with Gasteiger partial charge in [0.05, 0.1) is 39.4 Å². The fourth-order valence-corrected chi connectivity index (χ4v) is 4.39. The second-order valence-electron chi connectivity index (χ2n) is 8.54. The highest BCUT2D eigenvalue weighted by Gasteiger charge is 2.47. The van der Waals surface area contributed by atoms with Gasteiger partial charge in [-0.15, -0.1) is 0 Å². The summed E-state index contributed by atoms with van der Waals surface area (Å²) in [6.07, 6.45) is 0.0776. The van der Waals surface area contributed by atoms with Crippen LogP contribution < -0.4 is 14.4 Å². The van der Waals surface area contributed by atoms with Gasteiger partial charge in [0.2, 0.25) is 0 Å². The number of anilines is 1. The van der Waals surface area contributed by atoms with E-state index >= 15 is 0 Å². The van der Waals surface area contributed by atoms with Crippen molar-refractivity contribution in [3.05, 3.63) is 94.6 Å². The minimum atomic E-state index is -0.890. The van der Waals surface area contributed by atoms with Crippen molar-refractivity contribution in [2.75, 3.05) is 26.2 Å². The lowest BCUT2D eigenvalue weighted by Gasteiger charge is -2.26. The molecule has 1 saturated heterocycles. The molecule has 8 nitrogen and oxygen atoms in total. The maximum atomic E-state index is 13.4. The Hall–Kier alpha value is -4.59. The van der Waals surface area contributed by atoms with Gasteiger partial charge in [-0.3, -0.25) is 19.3 Å². The minimum Gasteiger partial charge on any atom is -0.507 e. The fourth-order valence-electron chi connectivity index (χ4n) is 4.39. The summed E-state index contributed by atoms with van der Waals surface area (Å²) >= 11 is 0. The average Bonchev–Trinajstić information content (AvgIpc) is 3.18. The predicted molar refractivity (Wildman–Crippen MR) is 138 cm³/mol. The zero-order valence-electron chi connectivity index (χ0n) is 21.0. The van der Waals surface area contributed by atoms with E-state index in [9.17, 15) is 19.5 Å². The molecule has 1 heterocycles. The number of ether oxygens (including phenoxy) is 3. The number of methoxy groups -OCH3 is 3. The molecule has 3 aromatic rings. The Morgan fingerprint density at radius 2 is 1.51 bits per heavy atom. The summed E-state index contributed by atoms with van der Waals surface area (Å²) in [5, 5.41) is 11.4. The van der Waals surface area contributed by atoms with E-state index in [-0.39, 0.29) is 23.7 Å². The molecule has 1 unspecified atom stereocenters. The van der Waals surface area contributed by atoms with Crippen LogP contribution in [0.25, 0.3) is 5.76 Å². The van der Waals surface area contributed by atoms with Crippen LogP contribution in [0.5, 0.6) is 11.5 Å². The number of ketones is 1. The molecule has 37 heavy (non-hydrogen) atoms. The van der Waals surface area contributed by atoms with Crippen molar-refractivity contribution in [1.29, 1.82) is 0 Å². The van der Waals surface area contributed by atoms with Gasteiger partial charge < -0.3 is 19.3 Å². The number of aliphatic hydroxyl groups excluding tert-OH is 1. The summed E-state index contributed by atoms with van der Waals surface area (Å²) in [5.74, 6) is -1.01. The Morgan fingerprint density at radius 3 is 2.08 bits per heavy atom.